The van der Waals surface area contributed by atoms with E-state index in [1.807, 2.05) is 12.1 Å². The third-order valence-corrected chi connectivity index (χ3v) is 5.33. The molecule has 4 heterocycles. The second kappa shape index (κ2) is 4.70. The molecule has 3 aromatic heterocycles. The summed E-state index contributed by atoms with van der Waals surface area (Å²) in [4.78, 5) is 19.5. The Hall–Kier alpha value is -3.74. The number of aromatic nitrogens is 2. The van der Waals surface area contributed by atoms with Crippen LogP contribution < -0.4 is 5.32 Å². The molecule has 0 saturated carbocycles. The number of carboxylic acids is 1. The van der Waals surface area contributed by atoms with Crippen LogP contribution in [-0.2, 0) is 11.2 Å². The highest BCUT2D eigenvalue weighted by molar-refractivity contribution is 6.24. The van der Waals surface area contributed by atoms with Crippen molar-refractivity contribution in [3.63, 3.8) is 0 Å². The van der Waals surface area contributed by atoms with Crippen LogP contribution in [0.15, 0.2) is 40.9 Å². The van der Waals surface area contributed by atoms with Crippen LogP contribution in [0.1, 0.15) is 5.56 Å². The molecule has 1 atom stereocenters. The lowest BCUT2D eigenvalue weighted by Crippen LogP contribution is -2.30. The molecule has 27 heavy (non-hydrogen) atoms. The van der Waals surface area contributed by atoms with E-state index in [0.717, 1.165) is 38.1 Å². The number of rotatable bonds is 1. The van der Waals surface area contributed by atoms with Crippen molar-refractivity contribution < 1.29 is 19.4 Å². The number of benzene rings is 2. The van der Waals surface area contributed by atoms with E-state index in [1.165, 1.54) is 0 Å². The van der Waals surface area contributed by atoms with Crippen molar-refractivity contribution in [1.29, 1.82) is 0 Å². The molecule has 0 saturated heterocycles. The van der Waals surface area contributed by atoms with E-state index in [2.05, 4.69) is 15.3 Å². The van der Waals surface area contributed by atoms with Gasteiger partial charge in [-0.3, -0.25) is 4.98 Å². The topological polar surface area (TPSA) is 111 Å². The Morgan fingerprint density at radius 3 is 2.93 bits per heavy atom. The Morgan fingerprint density at radius 1 is 1.19 bits per heavy atom. The molecule has 0 spiro atoms. The predicted molar refractivity (Wildman–Crippen MR) is 101 cm³/mol. The number of aromatic hydroxyl groups is 1. The molecule has 1 aliphatic rings. The van der Waals surface area contributed by atoms with Crippen LogP contribution >= 0.6 is 0 Å². The Kier molecular flexibility index (Phi) is 2.51. The number of carboxylic acid groups (broad SMARTS) is 1. The molecule has 1 aliphatic heterocycles. The molecule has 7 heteroatoms. The van der Waals surface area contributed by atoms with Gasteiger partial charge in [-0.1, -0.05) is 0 Å². The lowest BCUT2D eigenvalue weighted by atomic mass is 10.0. The summed E-state index contributed by atoms with van der Waals surface area (Å²) in [7, 11) is 0. The van der Waals surface area contributed by atoms with Crippen molar-refractivity contribution in [2.75, 3.05) is 5.32 Å². The van der Waals surface area contributed by atoms with Crippen LogP contribution in [0.4, 0.5) is 5.69 Å². The van der Waals surface area contributed by atoms with Crippen molar-refractivity contribution in [2.45, 2.75) is 12.5 Å². The van der Waals surface area contributed by atoms with Crippen molar-refractivity contribution >= 4 is 55.5 Å². The molecule has 6 rings (SSSR count). The van der Waals surface area contributed by atoms with E-state index in [1.54, 1.807) is 24.4 Å². The third-order valence-electron chi connectivity index (χ3n) is 5.33. The van der Waals surface area contributed by atoms with Gasteiger partial charge < -0.3 is 24.9 Å². The number of H-pyrrole nitrogens is 1. The first-order valence-electron chi connectivity index (χ1n) is 8.57. The fourth-order valence-corrected chi connectivity index (χ4v) is 4.16. The number of phenolic OH excluding ortho intramolecular Hbond substituents is 1. The van der Waals surface area contributed by atoms with Crippen LogP contribution in [0.5, 0.6) is 5.75 Å². The highest BCUT2D eigenvalue weighted by Gasteiger charge is 2.29. The minimum atomic E-state index is -0.929. The van der Waals surface area contributed by atoms with E-state index in [4.69, 9.17) is 4.42 Å². The van der Waals surface area contributed by atoms with Crippen LogP contribution in [0.2, 0.25) is 0 Å². The van der Waals surface area contributed by atoms with E-state index in [-0.39, 0.29) is 5.75 Å². The van der Waals surface area contributed by atoms with Crippen LogP contribution in [0.3, 0.4) is 0 Å². The maximum absolute atomic E-state index is 11.9. The van der Waals surface area contributed by atoms with E-state index in [9.17, 15) is 15.0 Å². The molecule has 0 aliphatic carbocycles. The van der Waals surface area contributed by atoms with Gasteiger partial charge in [0.2, 0.25) is 5.71 Å². The minimum Gasteiger partial charge on any atom is -0.508 e. The van der Waals surface area contributed by atoms with Crippen molar-refractivity contribution in [3.05, 3.63) is 42.1 Å². The van der Waals surface area contributed by atoms with Gasteiger partial charge >= 0.3 is 5.97 Å². The number of hydrogen-bond acceptors (Lipinski definition) is 5. The highest BCUT2D eigenvalue weighted by Crippen LogP contribution is 2.44. The van der Waals surface area contributed by atoms with E-state index in [0.29, 0.717) is 23.4 Å². The van der Waals surface area contributed by atoms with Crippen LogP contribution in [-0.4, -0.2) is 32.2 Å². The lowest BCUT2D eigenvalue weighted by molar-refractivity contribution is -0.137. The maximum atomic E-state index is 11.9. The Bertz CT molecular complexity index is 1430. The first-order valence-corrected chi connectivity index (χ1v) is 8.57. The van der Waals surface area contributed by atoms with Gasteiger partial charge in [0.05, 0.1) is 22.0 Å². The SMILES string of the molecule is O=C(O)C1Cc2cnc3ccc4oc5[nH]c6ccc(O)cc6c5c(c4c23)N1. The van der Waals surface area contributed by atoms with Gasteiger partial charge in [0, 0.05) is 28.9 Å². The van der Waals surface area contributed by atoms with E-state index >= 15 is 0 Å². The predicted octanol–water partition coefficient (Wildman–Crippen LogP) is 3.74. The molecule has 0 amide bonds. The first kappa shape index (κ1) is 14.4. The lowest BCUT2D eigenvalue weighted by Gasteiger charge is -2.15. The summed E-state index contributed by atoms with van der Waals surface area (Å²) in [5.74, 6) is -0.796. The van der Waals surface area contributed by atoms with Gasteiger partial charge in [0.25, 0.3) is 0 Å². The molecule has 7 nitrogen and oxygen atoms in total. The number of phenols is 1. The van der Waals surface area contributed by atoms with Gasteiger partial charge in [0.15, 0.2) is 0 Å². The molecule has 0 bridgehead atoms. The van der Waals surface area contributed by atoms with Gasteiger partial charge in [0.1, 0.15) is 17.4 Å². The van der Waals surface area contributed by atoms with Crippen molar-refractivity contribution in [2.24, 2.45) is 0 Å². The first-order chi connectivity index (χ1) is 13.1. The number of carbonyl (C=O) groups is 1. The second-order valence-corrected chi connectivity index (χ2v) is 6.89. The van der Waals surface area contributed by atoms with Crippen molar-refractivity contribution in [1.82, 2.24) is 9.97 Å². The molecular weight excluding hydrogens is 346 g/mol. The van der Waals surface area contributed by atoms with Gasteiger partial charge in [-0.2, -0.15) is 0 Å². The number of nitrogens with one attached hydrogen (secondary N) is 2. The fourth-order valence-electron chi connectivity index (χ4n) is 4.16. The quantitative estimate of drug-likeness (QED) is 0.363. The monoisotopic (exact) mass is 359 g/mol. The molecular formula is C20H13N3O4. The summed E-state index contributed by atoms with van der Waals surface area (Å²) in [5, 5.41) is 26.1. The molecule has 0 radical (unpaired) electrons. The average molecular weight is 359 g/mol. The Labute approximate surface area is 151 Å². The second-order valence-electron chi connectivity index (χ2n) is 6.89. The molecule has 1 unspecified atom stereocenters. The fraction of sp³-hybridized carbons (Fsp3) is 0.100. The standard InChI is InChI=1S/C20H13N3O4/c24-9-1-2-11-10(6-9)16-18-17-14(27-19(16)23-11)4-3-12-15(17)8(7-21-12)5-13(22-18)20(25)26/h1-4,6-7,13,22-24H,5H2,(H,25,26). The summed E-state index contributed by atoms with van der Waals surface area (Å²) in [5.41, 5.74) is 4.35. The molecule has 2 aromatic carbocycles. The number of nitrogens with zero attached hydrogens (tertiary/aromatic N) is 1. The molecule has 132 valence electrons. The smallest absolute Gasteiger partial charge is 0.326 e. The maximum Gasteiger partial charge on any atom is 0.326 e. The third kappa shape index (κ3) is 1.80. The largest absolute Gasteiger partial charge is 0.508 e. The zero-order valence-corrected chi connectivity index (χ0v) is 13.9. The number of hydrogen-bond donors (Lipinski definition) is 4. The number of anilines is 1. The number of aromatic amines is 1. The summed E-state index contributed by atoms with van der Waals surface area (Å²) in [6.07, 6.45) is 2.07. The number of fused-ring (bicyclic) bond motifs is 4. The van der Waals surface area contributed by atoms with Crippen LogP contribution in [0, 0.1) is 0 Å². The van der Waals surface area contributed by atoms with Gasteiger partial charge in [-0.15, -0.1) is 0 Å². The molecule has 4 N–H and O–H groups in total. The van der Waals surface area contributed by atoms with Gasteiger partial charge in [-0.25, -0.2) is 4.79 Å². The van der Waals surface area contributed by atoms with Gasteiger partial charge in [-0.05, 0) is 35.9 Å². The summed E-state index contributed by atoms with van der Waals surface area (Å²) >= 11 is 0. The highest BCUT2D eigenvalue weighted by atomic mass is 16.4. The Morgan fingerprint density at radius 2 is 2.07 bits per heavy atom. The number of aliphatic carboxylic acids is 1. The summed E-state index contributed by atoms with van der Waals surface area (Å²) in [6.45, 7) is 0. The Balaban J connectivity index is 1.89. The van der Waals surface area contributed by atoms with E-state index < -0.39 is 12.0 Å². The normalized spacial score (nSPS) is 16.4. The zero-order chi connectivity index (χ0) is 18.3. The van der Waals surface area contributed by atoms with Crippen LogP contribution in [0.25, 0.3) is 43.9 Å². The molecule has 5 aromatic rings. The summed E-state index contributed by atoms with van der Waals surface area (Å²) in [6, 6.07) is 7.96. The zero-order valence-electron chi connectivity index (χ0n) is 13.9. The minimum absolute atomic E-state index is 0.132. The van der Waals surface area contributed by atoms with Crippen molar-refractivity contribution in [3.8, 4) is 5.75 Å². The summed E-state index contributed by atoms with van der Waals surface area (Å²) < 4.78 is 6.12. The average Bonchev–Trinajstić information content (AvgIpc) is 3.16. The molecule has 0 fully saturated rings.